The third-order valence-corrected chi connectivity index (χ3v) is 13.1. The van der Waals surface area contributed by atoms with Gasteiger partial charge in [-0.3, -0.25) is 14.3 Å². The number of likely N-dealkylation sites (tertiary alicyclic amines) is 1. The molecule has 7 rings (SSSR count). The molecule has 14 heteroatoms. The van der Waals surface area contributed by atoms with Crippen LogP contribution in [0.5, 0.6) is 6.01 Å². The fraction of sp³-hybridized carbons (Fsp3) is 0.583. The zero-order chi connectivity index (χ0) is 35.0. The van der Waals surface area contributed by atoms with Crippen LogP contribution in [0, 0.1) is 0 Å². The first-order valence-electron chi connectivity index (χ1n) is 17.8. The number of alkyl halides is 1. The predicted octanol–water partition coefficient (Wildman–Crippen LogP) is 6.10. The lowest BCUT2D eigenvalue weighted by molar-refractivity contribution is -0.127. The van der Waals surface area contributed by atoms with Gasteiger partial charge >= 0.3 is 13.6 Å². The van der Waals surface area contributed by atoms with Crippen molar-refractivity contribution in [2.24, 2.45) is 0 Å². The van der Waals surface area contributed by atoms with Gasteiger partial charge in [0.25, 0.3) is 0 Å². The number of amides is 1. The molecule has 50 heavy (non-hydrogen) atoms. The Hall–Kier alpha value is -3.02. The van der Waals surface area contributed by atoms with Crippen LogP contribution < -0.4 is 14.5 Å². The number of anilines is 2. The van der Waals surface area contributed by atoms with Gasteiger partial charge in [-0.15, -0.1) is 0 Å². The van der Waals surface area contributed by atoms with Gasteiger partial charge in [-0.25, -0.2) is 4.39 Å². The molecular formula is C36H47ClFN6O5P. The fourth-order valence-electron chi connectivity index (χ4n) is 8.38. The summed E-state index contributed by atoms with van der Waals surface area (Å²) in [6, 6.07) is 12.5. The van der Waals surface area contributed by atoms with Crippen LogP contribution in [-0.2, 0) is 31.4 Å². The minimum Gasteiger partial charge on any atom is -0.461 e. The third-order valence-electron chi connectivity index (χ3n) is 10.8. The van der Waals surface area contributed by atoms with E-state index in [1.807, 2.05) is 19.2 Å². The second kappa shape index (κ2) is 14.5. The first kappa shape index (κ1) is 35.4. The van der Waals surface area contributed by atoms with E-state index in [1.165, 1.54) is 0 Å². The van der Waals surface area contributed by atoms with Crippen molar-refractivity contribution < 1.29 is 27.5 Å². The van der Waals surface area contributed by atoms with Crippen molar-refractivity contribution in [3.63, 3.8) is 0 Å². The summed E-state index contributed by atoms with van der Waals surface area (Å²) < 4.78 is 44.9. The normalized spacial score (nSPS) is 23.8. The molecule has 11 nitrogen and oxygen atoms in total. The van der Waals surface area contributed by atoms with Crippen molar-refractivity contribution in [3.05, 3.63) is 52.7 Å². The van der Waals surface area contributed by atoms with Crippen LogP contribution in [0.2, 0.25) is 5.02 Å². The second-order valence-electron chi connectivity index (χ2n) is 13.9. The van der Waals surface area contributed by atoms with Gasteiger partial charge in [0.2, 0.25) is 5.91 Å². The Balaban J connectivity index is 1.16. The Morgan fingerprint density at radius 1 is 1.10 bits per heavy atom. The van der Waals surface area contributed by atoms with Gasteiger partial charge in [0, 0.05) is 62.3 Å². The number of rotatable bonds is 12. The van der Waals surface area contributed by atoms with E-state index in [4.69, 9.17) is 35.4 Å². The summed E-state index contributed by atoms with van der Waals surface area (Å²) in [4.78, 5) is 31.7. The zero-order valence-corrected chi connectivity index (χ0v) is 30.8. The molecule has 2 aromatic carbocycles. The average molecular weight is 729 g/mol. The van der Waals surface area contributed by atoms with Gasteiger partial charge in [0.15, 0.2) is 0 Å². The SMILES string of the molecule is CCOP(=O)(CC(=O)N1CC[C@@H](N(C)c2nc(OC[C@@]34CCCN3C[C@H](F)C4)nc3c2CCN(c2cccc4cccc(Cl)c24)C3)C1)OCC. The van der Waals surface area contributed by atoms with Crippen molar-refractivity contribution in [2.45, 2.75) is 70.2 Å². The highest BCUT2D eigenvalue weighted by Gasteiger charge is 2.49. The number of hydrogen-bond donors (Lipinski definition) is 0. The lowest BCUT2D eigenvalue weighted by Gasteiger charge is -2.35. The maximum absolute atomic E-state index is 14.6. The highest BCUT2D eigenvalue weighted by Crippen LogP contribution is 2.48. The quantitative estimate of drug-likeness (QED) is 0.203. The van der Waals surface area contributed by atoms with Crippen LogP contribution >= 0.6 is 19.2 Å². The average Bonchev–Trinajstić information content (AvgIpc) is 3.81. The monoisotopic (exact) mass is 728 g/mol. The Bertz CT molecular complexity index is 1770. The van der Waals surface area contributed by atoms with E-state index in [1.54, 1.807) is 18.7 Å². The molecule has 5 heterocycles. The van der Waals surface area contributed by atoms with Crippen molar-refractivity contribution in [2.75, 3.05) is 75.6 Å². The smallest absolute Gasteiger partial charge is 0.340 e. The number of aromatic nitrogens is 2. The predicted molar refractivity (Wildman–Crippen MR) is 193 cm³/mol. The summed E-state index contributed by atoms with van der Waals surface area (Å²) in [5.74, 6) is 0.539. The van der Waals surface area contributed by atoms with Gasteiger partial charge in [-0.1, -0.05) is 35.9 Å². The van der Waals surface area contributed by atoms with Gasteiger partial charge < -0.3 is 28.5 Å². The number of hydrogen-bond acceptors (Lipinski definition) is 10. The number of benzene rings is 2. The van der Waals surface area contributed by atoms with Crippen molar-refractivity contribution >= 4 is 47.4 Å². The standard InChI is InChI=1S/C36H47ClFN6O5P/c1-4-48-50(46,49-5-2)23-32(45)43-17-13-27(21-43)41(3)34-28-14-18-42(31-12-7-10-25-9-6-11-29(37)33(25)31)22-30(28)39-35(40-34)47-24-36-15-8-16-44(36)20-26(38)19-36/h6-7,9-12,26-27H,4-5,8,13-24H2,1-3H3/t26-,27-,36+/m1/s1. The first-order valence-corrected chi connectivity index (χ1v) is 19.9. The van der Waals surface area contributed by atoms with Gasteiger partial charge in [-0.05, 0) is 63.6 Å². The Kier molecular flexibility index (Phi) is 10.3. The zero-order valence-electron chi connectivity index (χ0n) is 29.2. The third kappa shape index (κ3) is 6.94. The first-order chi connectivity index (χ1) is 24.1. The van der Waals surface area contributed by atoms with E-state index in [-0.39, 0.29) is 42.9 Å². The number of carbonyl (C=O) groups excluding carboxylic acids is 1. The summed E-state index contributed by atoms with van der Waals surface area (Å²) in [5.41, 5.74) is 2.65. The van der Waals surface area contributed by atoms with Crippen molar-refractivity contribution in [3.8, 4) is 6.01 Å². The van der Waals surface area contributed by atoms with E-state index in [0.717, 1.165) is 65.9 Å². The maximum atomic E-state index is 14.6. The number of likely N-dealkylation sites (N-methyl/N-ethyl adjacent to an activating group) is 1. The highest BCUT2D eigenvalue weighted by molar-refractivity contribution is 7.54. The van der Waals surface area contributed by atoms with Crippen LogP contribution in [0.15, 0.2) is 36.4 Å². The molecule has 1 aromatic heterocycles. The van der Waals surface area contributed by atoms with E-state index < -0.39 is 13.8 Å². The molecule has 0 unspecified atom stereocenters. The summed E-state index contributed by atoms with van der Waals surface area (Å²) >= 11 is 6.74. The minimum atomic E-state index is -3.51. The Labute approximate surface area is 298 Å². The largest absolute Gasteiger partial charge is 0.461 e. The molecule has 4 aliphatic heterocycles. The molecule has 4 aliphatic rings. The summed E-state index contributed by atoms with van der Waals surface area (Å²) in [6.45, 7) is 7.84. The molecule has 0 spiro atoms. The highest BCUT2D eigenvalue weighted by atomic mass is 35.5. The molecule has 3 atom stereocenters. The van der Waals surface area contributed by atoms with Crippen LogP contribution in [0.4, 0.5) is 15.9 Å². The number of carbonyl (C=O) groups is 1. The second-order valence-corrected chi connectivity index (χ2v) is 16.4. The van der Waals surface area contributed by atoms with E-state index in [0.29, 0.717) is 50.7 Å². The summed E-state index contributed by atoms with van der Waals surface area (Å²) in [6.07, 6.45) is 2.69. The lowest BCUT2D eigenvalue weighted by atomic mass is 9.95. The van der Waals surface area contributed by atoms with Gasteiger partial charge in [0.05, 0.1) is 36.0 Å². The topological polar surface area (TPSA) is 101 Å². The van der Waals surface area contributed by atoms with Crippen LogP contribution in [-0.4, -0.2) is 109 Å². The molecular weight excluding hydrogens is 682 g/mol. The summed E-state index contributed by atoms with van der Waals surface area (Å²) in [5, 5.41) is 2.80. The maximum Gasteiger partial charge on any atom is 0.340 e. The molecule has 1 amide bonds. The van der Waals surface area contributed by atoms with E-state index in [9.17, 15) is 13.8 Å². The molecule has 0 aliphatic carbocycles. The van der Waals surface area contributed by atoms with E-state index >= 15 is 0 Å². The van der Waals surface area contributed by atoms with Crippen molar-refractivity contribution in [1.82, 2.24) is 19.8 Å². The molecule has 270 valence electrons. The van der Waals surface area contributed by atoms with Crippen LogP contribution in [0.1, 0.15) is 50.8 Å². The van der Waals surface area contributed by atoms with Crippen molar-refractivity contribution in [1.29, 1.82) is 0 Å². The molecule has 0 radical (unpaired) electrons. The Morgan fingerprint density at radius 3 is 2.66 bits per heavy atom. The number of nitrogens with zero attached hydrogens (tertiary/aromatic N) is 6. The molecule has 3 saturated heterocycles. The molecule has 0 saturated carbocycles. The van der Waals surface area contributed by atoms with Gasteiger partial charge in [0.1, 0.15) is 24.8 Å². The minimum absolute atomic E-state index is 0.0229. The van der Waals surface area contributed by atoms with Gasteiger partial charge in [-0.2, -0.15) is 9.97 Å². The lowest BCUT2D eigenvalue weighted by Crippen LogP contribution is -2.44. The summed E-state index contributed by atoms with van der Waals surface area (Å²) in [7, 11) is -1.50. The number of fused-ring (bicyclic) bond motifs is 3. The fourth-order valence-corrected chi connectivity index (χ4v) is 10.2. The molecule has 3 fully saturated rings. The Morgan fingerprint density at radius 2 is 1.88 bits per heavy atom. The van der Waals surface area contributed by atoms with Crippen LogP contribution in [0.3, 0.4) is 0 Å². The number of halogens is 2. The van der Waals surface area contributed by atoms with Crippen LogP contribution in [0.25, 0.3) is 10.8 Å². The number of ether oxygens (including phenoxy) is 1. The van der Waals surface area contributed by atoms with E-state index in [2.05, 4.69) is 39.0 Å². The molecule has 0 N–H and O–H groups in total. The molecule has 3 aromatic rings. The molecule has 0 bridgehead atoms.